The zero-order valence-corrected chi connectivity index (χ0v) is 13.4. The van der Waals surface area contributed by atoms with Gasteiger partial charge in [-0.1, -0.05) is 19.4 Å². The summed E-state index contributed by atoms with van der Waals surface area (Å²) in [4.78, 5) is 4.91. The fraction of sp³-hybridized carbons (Fsp3) is 0.611. The largest absolute Gasteiger partial charge is 0.328 e. The lowest BCUT2D eigenvalue weighted by Gasteiger charge is -2.23. The Bertz CT molecular complexity index is 594. The molecule has 1 fully saturated rings. The number of hydrogen-bond donors (Lipinski definition) is 1. The van der Waals surface area contributed by atoms with E-state index in [0.29, 0.717) is 6.04 Å². The van der Waals surface area contributed by atoms with Crippen LogP contribution in [0.4, 0.5) is 0 Å². The molecule has 2 aromatic rings. The third-order valence-corrected chi connectivity index (χ3v) is 4.56. The summed E-state index contributed by atoms with van der Waals surface area (Å²) in [6, 6.07) is 7.33. The molecule has 2 heterocycles. The summed E-state index contributed by atoms with van der Waals surface area (Å²) in [6.45, 7) is 6.65. The van der Waals surface area contributed by atoms with Gasteiger partial charge in [-0.2, -0.15) is 0 Å². The minimum atomic E-state index is 0.690. The van der Waals surface area contributed by atoms with Crippen molar-refractivity contribution in [3.63, 3.8) is 0 Å². The van der Waals surface area contributed by atoms with Crippen molar-refractivity contribution in [2.24, 2.45) is 0 Å². The summed E-state index contributed by atoms with van der Waals surface area (Å²) in [6.07, 6.45) is 7.50. The van der Waals surface area contributed by atoms with Crippen molar-refractivity contribution in [3.8, 4) is 0 Å². The fourth-order valence-electron chi connectivity index (χ4n) is 3.43. The van der Waals surface area contributed by atoms with E-state index in [9.17, 15) is 0 Å². The molecule has 1 saturated heterocycles. The van der Waals surface area contributed by atoms with Crippen LogP contribution in [0, 0.1) is 6.92 Å². The lowest BCUT2D eigenvalue weighted by atomic mass is 10.0. The first-order valence-corrected chi connectivity index (χ1v) is 8.47. The van der Waals surface area contributed by atoms with Gasteiger partial charge in [-0.25, -0.2) is 4.98 Å². The van der Waals surface area contributed by atoms with E-state index >= 15 is 0 Å². The lowest BCUT2D eigenvalue weighted by molar-refractivity contribution is 0.379. The Balaban J connectivity index is 1.80. The number of rotatable bonds is 5. The van der Waals surface area contributed by atoms with Crippen LogP contribution in [0.1, 0.15) is 50.4 Å². The molecule has 1 aliphatic rings. The van der Waals surface area contributed by atoms with Crippen LogP contribution in [0.25, 0.3) is 11.0 Å². The highest BCUT2D eigenvalue weighted by molar-refractivity contribution is 5.76. The van der Waals surface area contributed by atoms with Gasteiger partial charge in [0.15, 0.2) is 0 Å². The van der Waals surface area contributed by atoms with E-state index in [1.54, 1.807) is 0 Å². The van der Waals surface area contributed by atoms with Crippen LogP contribution in [0.3, 0.4) is 0 Å². The molecule has 1 aliphatic heterocycles. The van der Waals surface area contributed by atoms with Crippen molar-refractivity contribution < 1.29 is 0 Å². The minimum Gasteiger partial charge on any atom is -0.328 e. The molecule has 3 rings (SSSR count). The number of imidazole rings is 1. The molecule has 21 heavy (non-hydrogen) atoms. The van der Waals surface area contributed by atoms with Gasteiger partial charge in [0.05, 0.1) is 11.0 Å². The van der Waals surface area contributed by atoms with Gasteiger partial charge < -0.3 is 9.88 Å². The number of aryl methyl sites for hydroxylation is 3. The Kier molecular flexibility index (Phi) is 4.59. The molecule has 0 bridgehead atoms. The van der Waals surface area contributed by atoms with Gasteiger partial charge in [-0.3, -0.25) is 0 Å². The van der Waals surface area contributed by atoms with Crippen LogP contribution in [0.5, 0.6) is 0 Å². The van der Waals surface area contributed by atoms with Crippen molar-refractivity contribution in [1.82, 2.24) is 14.9 Å². The van der Waals surface area contributed by atoms with Gasteiger partial charge >= 0.3 is 0 Å². The maximum absolute atomic E-state index is 4.91. The van der Waals surface area contributed by atoms with Crippen molar-refractivity contribution in [3.05, 3.63) is 29.6 Å². The highest BCUT2D eigenvalue weighted by atomic mass is 15.1. The molecule has 0 amide bonds. The zero-order chi connectivity index (χ0) is 14.7. The first-order valence-electron chi connectivity index (χ1n) is 8.47. The molecule has 114 valence electrons. The van der Waals surface area contributed by atoms with Gasteiger partial charge in [0.25, 0.3) is 0 Å². The van der Waals surface area contributed by atoms with Crippen LogP contribution in [0.15, 0.2) is 18.2 Å². The van der Waals surface area contributed by atoms with Crippen molar-refractivity contribution in [1.29, 1.82) is 0 Å². The summed E-state index contributed by atoms with van der Waals surface area (Å²) < 4.78 is 2.43. The molecular weight excluding hydrogens is 258 g/mol. The number of hydrogen-bond acceptors (Lipinski definition) is 2. The van der Waals surface area contributed by atoms with Crippen molar-refractivity contribution >= 4 is 11.0 Å². The van der Waals surface area contributed by atoms with E-state index in [4.69, 9.17) is 4.98 Å². The van der Waals surface area contributed by atoms with Gasteiger partial charge in [0.2, 0.25) is 0 Å². The Morgan fingerprint density at radius 3 is 3.00 bits per heavy atom. The van der Waals surface area contributed by atoms with Crippen molar-refractivity contribution in [2.45, 2.75) is 65.0 Å². The Morgan fingerprint density at radius 1 is 1.33 bits per heavy atom. The molecule has 1 N–H and O–H groups in total. The first-order chi connectivity index (χ1) is 10.3. The van der Waals surface area contributed by atoms with Gasteiger partial charge in [-0.05, 0) is 56.8 Å². The van der Waals surface area contributed by atoms with E-state index in [2.05, 4.69) is 41.9 Å². The zero-order valence-electron chi connectivity index (χ0n) is 13.4. The quantitative estimate of drug-likeness (QED) is 0.905. The minimum absolute atomic E-state index is 0.690. The van der Waals surface area contributed by atoms with E-state index < -0.39 is 0 Å². The molecule has 0 saturated carbocycles. The summed E-state index contributed by atoms with van der Waals surface area (Å²) in [7, 11) is 0. The Hall–Kier alpha value is -1.35. The van der Waals surface area contributed by atoms with E-state index in [1.807, 2.05) is 0 Å². The highest BCUT2D eigenvalue weighted by Gasteiger charge is 2.15. The van der Waals surface area contributed by atoms with E-state index in [1.165, 1.54) is 49.1 Å². The third kappa shape index (κ3) is 3.29. The maximum atomic E-state index is 4.91. The molecule has 0 spiro atoms. The number of fused-ring (bicyclic) bond motifs is 1. The predicted octanol–water partition coefficient (Wildman–Crippen LogP) is 3.83. The summed E-state index contributed by atoms with van der Waals surface area (Å²) in [5.74, 6) is 1.27. The molecule has 1 aromatic carbocycles. The van der Waals surface area contributed by atoms with Crippen molar-refractivity contribution in [2.75, 3.05) is 6.54 Å². The average Bonchev–Trinajstić information content (AvgIpc) is 2.84. The Labute approximate surface area is 127 Å². The number of benzene rings is 1. The van der Waals surface area contributed by atoms with Crippen LogP contribution < -0.4 is 5.32 Å². The first kappa shape index (κ1) is 14.6. The second-order valence-corrected chi connectivity index (χ2v) is 6.36. The van der Waals surface area contributed by atoms with Crippen LogP contribution >= 0.6 is 0 Å². The van der Waals surface area contributed by atoms with Gasteiger partial charge in [-0.15, -0.1) is 0 Å². The molecule has 3 heteroatoms. The van der Waals surface area contributed by atoms with Crippen LogP contribution in [0.2, 0.25) is 0 Å². The summed E-state index contributed by atoms with van der Waals surface area (Å²) >= 11 is 0. The van der Waals surface area contributed by atoms with Gasteiger partial charge in [0, 0.05) is 19.0 Å². The molecule has 1 atom stereocenters. The van der Waals surface area contributed by atoms with Gasteiger partial charge in [0.1, 0.15) is 5.82 Å². The smallest absolute Gasteiger partial charge is 0.109 e. The number of nitrogens with one attached hydrogen (secondary N) is 1. The SMILES string of the molecule is CCCn1c(CCC2CCCCN2)nc2cc(C)ccc21. The average molecular weight is 285 g/mol. The Morgan fingerprint density at radius 2 is 2.24 bits per heavy atom. The molecule has 1 unspecified atom stereocenters. The predicted molar refractivity (Wildman–Crippen MR) is 88.7 cm³/mol. The second-order valence-electron chi connectivity index (χ2n) is 6.36. The number of piperidine rings is 1. The lowest BCUT2D eigenvalue weighted by Crippen LogP contribution is -2.34. The molecule has 1 aromatic heterocycles. The molecule has 0 aliphatic carbocycles. The maximum Gasteiger partial charge on any atom is 0.109 e. The molecular formula is C18H27N3. The highest BCUT2D eigenvalue weighted by Crippen LogP contribution is 2.20. The van der Waals surface area contributed by atoms with E-state index in [-0.39, 0.29) is 0 Å². The summed E-state index contributed by atoms with van der Waals surface area (Å²) in [5.41, 5.74) is 3.76. The molecule has 0 radical (unpaired) electrons. The standard InChI is InChI=1S/C18H27N3/c1-3-12-21-17-9-7-14(2)13-16(17)20-18(21)10-8-15-6-4-5-11-19-15/h7,9,13,15,19H,3-6,8,10-12H2,1-2H3. The van der Waals surface area contributed by atoms with Crippen LogP contribution in [-0.2, 0) is 13.0 Å². The third-order valence-electron chi connectivity index (χ3n) is 4.56. The molecule has 3 nitrogen and oxygen atoms in total. The summed E-state index contributed by atoms with van der Waals surface area (Å²) in [5, 5.41) is 3.65. The topological polar surface area (TPSA) is 29.9 Å². The fourth-order valence-corrected chi connectivity index (χ4v) is 3.43. The normalized spacial score (nSPS) is 19.2. The van der Waals surface area contributed by atoms with Crippen LogP contribution in [-0.4, -0.2) is 22.1 Å². The second kappa shape index (κ2) is 6.61. The van der Waals surface area contributed by atoms with E-state index in [0.717, 1.165) is 24.9 Å². The number of aromatic nitrogens is 2. The monoisotopic (exact) mass is 285 g/mol. The number of nitrogens with zero attached hydrogens (tertiary/aromatic N) is 2.